The normalized spacial score (nSPS) is 11.3. The van der Waals surface area contributed by atoms with Crippen LogP contribution in [0.3, 0.4) is 0 Å². The summed E-state index contributed by atoms with van der Waals surface area (Å²) in [6.07, 6.45) is 4.72. The molecule has 0 aliphatic heterocycles. The van der Waals surface area contributed by atoms with Gasteiger partial charge in [0.2, 0.25) is 5.78 Å². The first kappa shape index (κ1) is 13.4. The Morgan fingerprint density at radius 2 is 2.19 bits per heavy atom. The third-order valence-electron chi connectivity index (χ3n) is 3.69. The zero-order valence-electron chi connectivity index (χ0n) is 12.1. The predicted octanol–water partition coefficient (Wildman–Crippen LogP) is 1.74. The maximum atomic E-state index is 12.5. The Morgan fingerprint density at radius 1 is 1.38 bits per heavy atom. The molecule has 7 heteroatoms. The zero-order valence-corrected chi connectivity index (χ0v) is 12.1. The number of aromatic nitrogens is 5. The second-order valence-corrected chi connectivity index (χ2v) is 5.08. The average Bonchev–Trinajstić information content (AvgIpc) is 3.07. The molecule has 0 fully saturated rings. The molecule has 3 rings (SSSR count). The minimum Gasteiger partial charge on any atom is -0.354 e. The number of hydrogen-bond acceptors (Lipinski definition) is 4. The molecule has 3 aromatic heterocycles. The molecule has 0 bridgehead atoms. The van der Waals surface area contributed by atoms with Gasteiger partial charge in [-0.3, -0.25) is 4.79 Å². The number of unbranched alkanes of at least 4 members (excludes halogenated alkanes) is 2. The molecule has 3 aromatic rings. The standard InChI is InChI=1S/C14H16N6O/c1-3-4-5-6-19-12-10(7-15)8-16-11(12)13(21)20-9(2)17-18-14(19)20/h8,16H,3-6H2,1-2H3. The molecule has 0 unspecified atom stereocenters. The van der Waals surface area contributed by atoms with Gasteiger partial charge in [-0.05, 0) is 13.3 Å². The molecule has 0 radical (unpaired) electrons. The van der Waals surface area contributed by atoms with Crippen molar-refractivity contribution >= 4 is 16.8 Å². The fraction of sp³-hybridized carbons (Fsp3) is 0.429. The summed E-state index contributed by atoms with van der Waals surface area (Å²) in [5.41, 5.74) is 1.30. The minimum absolute atomic E-state index is 0.212. The van der Waals surface area contributed by atoms with E-state index in [1.165, 1.54) is 4.40 Å². The molecule has 0 saturated carbocycles. The van der Waals surface area contributed by atoms with Crippen LogP contribution >= 0.6 is 0 Å². The Hall–Kier alpha value is -2.62. The van der Waals surface area contributed by atoms with Crippen LogP contribution in [0, 0.1) is 18.3 Å². The van der Waals surface area contributed by atoms with E-state index in [0.717, 1.165) is 19.3 Å². The topological polar surface area (TPSA) is 91.8 Å². The predicted molar refractivity (Wildman–Crippen MR) is 78.1 cm³/mol. The van der Waals surface area contributed by atoms with Gasteiger partial charge in [0, 0.05) is 12.7 Å². The van der Waals surface area contributed by atoms with Crippen LogP contribution in [-0.4, -0.2) is 24.1 Å². The highest BCUT2D eigenvalue weighted by Gasteiger charge is 2.18. The summed E-state index contributed by atoms with van der Waals surface area (Å²) in [5, 5.41) is 17.4. The van der Waals surface area contributed by atoms with Gasteiger partial charge in [0.1, 0.15) is 17.4 Å². The van der Waals surface area contributed by atoms with Gasteiger partial charge >= 0.3 is 0 Å². The van der Waals surface area contributed by atoms with E-state index in [0.29, 0.717) is 34.7 Å². The summed E-state index contributed by atoms with van der Waals surface area (Å²) in [6.45, 7) is 4.59. The fourth-order valence-corrected chi connectivity index (χ4v) is 2.65. The summed E-state index contributed by atoms with van der Waals surface area (Å²) in [4.78, 5) is 15.4. The van der Waals surface area contributed by atoms with Crippen molar-refractivity contribution in [3.63, 3.8) is 0 Å². The van der Waals surface area contributed by atoms with Crippen LogP contribution in [-0.2, 0) is 6.54 Å². The number of hydrogen-bond donors (Lipinski definition) is 1. The average molecular weight is 284 g/mol. The number of nitrogens with one attached hydrogen (secondary N) is 1. The summed E-state index contributed by atoms with van der Waals surface area (Å²) in [5.74, 6) is 1.05. The van der Waals surface area contributed by atoms with Gasteiger partial charge in [0.15, 0.2) is 0 Å². The molecule has 0 aliphatic rings. The molecular weight excluding hydrogens is 268 g/mol. The molecule has 1 N–H and O–H groups in total. The van der Waals surface area contributed by atoms with Gasteiger partial charge in [-0.25, -0.2) is 4.40 Å². The number of nitriles is 1. The second-order valence-electron chi connectivity index (χ2n) is 5.08. The second kappa shape index (κ2) is 5.05. The van der Waals surface area contributed by atoms with Crippen molar-refractivity contribution in [2.24, 2.45) is 0 Å². The number of aromatic amines is 1. The monoisotopic (exact) mass is 284 g/mol. The SMILES string of the molecule is CCCCCn1c2c(C#N)c[nH]c2c(=O)n2c(C)nnc12. The van der Waals surface area contributed by atoms with Gasteiger partial charge < -0.3 is 9.55 Å². The fourth-order valence-electron chi connectivity index (χ4n) is 2.65. The Bertz CT molecular complexity index is 907. The number of fused-ring (bicyclic) bond motifs is 2. The number of nitrogens with zero attached hydrogens (tertiary/aromatic N) is 5. The van der Waals surface area contributed by atoms with E-state index >= 15 is 0 Å². The van der Waals surface area contributed by atoms with Crippen LogP contribution in [0.25, 0.3) is 16.8 Å². The minimum atomic E-state index is -0.212. The first-order valence-electron chi connectivity index (χ1n) is 7.04. The number of rotatable bonds is 4. The lowest BCUT2D eigenvalue weighted by molar-refractivity contribution is 0.615. The summed E-state index contributed by atoms with van der Waals surface area (Å²) >= 11 is 0. The van der Waals surface area contributed by atoms with E-state index < -0.39 is 0 Å². The lowest BCUT2D eigenvalue weighted by atomic mass is 10.2. The molecule has 0 aliphatic carbocycles. The Kier molecular flexibility index (Phi) is 3.22. The third-order valence-corrected chi connectivity index (χ3v) is 3.69. The van der Waals surface area contributed by atoms with Crippen molar-refractivity contribution in [2.45, 2.75) is 39.7 Å². The van der Waals surface area contributed by atoms with Crippen LogP contribution < -0.4 is 5.56 Å². The van der Waals surface area contributed by atoms with E-state index in [9.17, 15) is 10.1 Å². The van der Waals surface area contributed by atoms with Crippen LogP contribution in [0.15, 0.2) is 11.0 Å². The van der Waals surface area contributed by atoms with E-state index in [1.54, 1.807) is 13.1 Å². The molecule has 0 aromatic carbocycles. The van der Waals surface area contributed by atoms with E-state index in [1.807, 2.05) is 4.57 Å². The zero-order chi connectivity index (χ0) is 15.0. The Labute approximate surface area is 120 Å². The third kappa shape index (κ3) is 1.91. The maximum absolute atomic E-state index is 12.5. The molecule has 0 saturated heterocycles. The summed E-state index contributed by atoms with van der Waals surface area (Å²) < 4.78 is 3.41. The highest BCUT2D eigenvalue weighted by Crippen LogP contribution is 2.18. The van der Waals surface area contributed by atoms with Crippen LogP contribution in [0.4, 0.5) is 0 Å². The summed E-state index contributed by atoms with van der Waals surface area (Å²) in [7, 11) is 0. The van der Waals surface area contributed by atoms with E-state index in [2.05, 4.69) is 28.2 Å². The van der Waals surface area contributed by atoms with Crippen molar-refractivity contribution in [2.75, 3.05) is 0 Å². The molecule has 0 spiro atoms. The van der Waals surface area contributed by atoms with Crippen molar-refractivity contribution in [1.82, 2.24) is 24.1 Å². The van der Waals surface area contributed by atoms with Crippen LogP contribution in [0.5, 0.6) is 0 Å². The van der Waals surface area contributed by atoms with Gasteiger partial charge in [0.25, 0.3) is 5.56 Å². The Balaban J connectivity index is 2.37. The molecular formula is C14H16N6O. The number of H-pyrrole nitrogens is 1. The first-order valence-corrected chi connectivity index (χ1v) is 7.04. The van der Waals surface area contributed by atoms with Gasteiger partial charge in [-0.2, -0.15) is 5.26 Å². The Morgan fingerprint density at radius 3 is 2.90 bits per heavy atom. The molecule has 7 nitrogen and oxygen atoms in total. The van der Waals surface area contributed by atoms with Crippen molar-refractivity contribution in [3.8, 4) is 6.07 Å². The van der Waals surface area contributed by atoms with Gasteiger partial charge in [0.05, 0.1) is 11.1 Å². The van der Waals surface area contributed by atoms with Crippen LogP contribution in [0.2, 0.25) is 0 Å². The van der Waals surface area contributed by atoms with Gasteiger partial charge in [-0.15, -0.1) is 10.2 Å². The van der Waals surface area contributed by atoms with Crippen molar-refractivity contribution in [1.29, 1.82) is 5.26 Å². The van der Waals surface area contributed by atoms with Gasteiger partial charge in [-0.1, -0.05) is 19.8 Å². The summed E-state index contributed by atoms with van der Waals surface area (Å²) in [6, 6.07) is 2.13. The molecule has 108 valence electrons. The van der Waals surface area contributed by atoms with E-state index in [-0.39, 0.29) is 5.56 Å². The highest BCUT2D eigenvalue weighted by molar-refractivity contribution is 5.83. The van der Waals surface area contributed by atoms with Crippen LogP contribution in [0.1, 0.15) is 37.6 Å². The maximum Gasteiger partial charge on any atom is 0.284 e. The molecule has 3 heterocycles. The number of aryl methyl sites for hydroxylation is 2. The van der Waals surface area contributed by atoms with E-state index in [4.69, 9.17) is 0 Å². The lowest BCUT2D eigenvalue weighted by Gasteiger charge is -2.10. The largest absolute Gasteiger partial charge is 0.354 e. The quantitative estimate of drug-likeness (QED) is 0.739. The van der Waals surface area contributed by atoms with Crippen molar-refractivity contribution < 1.29 is 0 Å². The smallest absolute Gasteiger partial charge is 0.284 e. The highest BCUT2D eigenvalue weighted by atomic mass is 16.1. The molecule has 0 atom stereocenters. The molecule has 21 heavy (non-hydrogen) atoms. The lowest BCUT2D eigenvalue weighted by Crippen LogP contribution is -2.20. The van der Waals surface area contributed by atoms with Crippen molar-refractivity contribution in [3.05, 3.63) is 27.9 Å². The molecule has 0 amide bonds. The first-order chi connectivity index (χ1) is 10.2.